The maximum Gasteiger partial charge on any atom is 0.433 e. The number of pyridine rings is 1. The maximum atomic E-state index is 13.1. The van der Waals surface area contributed by atoms with Gasteiger partial charge >= 0.3 is 17.8 Å². The van der Waals surface area contributed by atoms with Gasteiger partial charge in [-0.2, -0.15) is 18.3 Å². The Balaban J connectivity index is 1.89. The van der Waals surface area contributed by atoms with Gasteiger partial charge < -0.3 is 4.74 Å². The SMILES string of the molecule is CCCC(C)(C)OC(=O)[C@@H]1CCCc2nn(C(C)c3ccc(C(F)(F)F)nc3)c(=O)n21. The molecule has 0 spiro atoms. The summed E-state index contributed by atoms with van der Waals surface area (Å²) in [7, 11) is 0. The van der Waals surface area contributed by atoms with Gasteiger partial charge in [0.05, 0.1) is 6.04 Å². The molecular formula is C21H27F3N4O3. The summed E-state index contributed by atoms with van der Waals surface area (Å²) < 4.78 is 46.5. The summed E-state index contributed by atoms with van der Waals surface area (Å²) in [6.45, 7) is 7.33. The Hall–Kier alpha value is -2.65. The number of rotatable bonds is 6. The normalized spacial score (nSPS) is 17.8. The summed E-state index contributed by atoms with van der Waals surface area (Å²) >= 11 is 0. The first-order valence-corrected chi connectivity index (χ1v) is 10.4. The summed E-state index contributed by atoms with van der Waals surface area (Å²) in [5.74, 6) is 0.00289. The van der Waals surface area contributed by atoms with E-state index in [1.54, 1.807) is 6.92 Å². The molecule has 3 heterocycles. The highest BCUT2D eigenvalue weighted by Gasteiger charge is 2.36. The van der Waals surface area contributed by atoms with Crippen molar-refractivity contribution in [2.24, 2.45) is 0 Å². The molecule has 0 radical (unpaired) electrons. The van der Waals surface area contributed by atoms with Crippen LogP contribution in [0.2, 0.25) is 0 Å². The van der Waals surface area contributed by atoms with Gasteiger partial charge in [0.15, 0.2) is 0 Å². The summed E-state index contributed by atoms with van der Waals surface area (Å²) in [5, 5.41) is 4.37. The van der Waals surface area contributed by atoms with Crippen LogP contribution in [0.25, 0.3) is 0 Å². The van der Waals surface area contributed by atoms with E-state index in [-0.39, 0.29) is 0 Å². The van der Waals surface area contributed by atoms with Crippen molar-refractivity contribution in [1.29, 1.82) is 0 Å². The van der Waals surface area contributed by atoms with Crippen LogP contribution >= 0.6 is 0 Å². The number of carbonyl (C=O) groups is 1. The fourth-order valence-corrected chi connectivity index (χ4v) is 3.93. The number of fused-ring (bicyclic) bond motifs is 1. The predicted octanol–water partition coefficient (Wildman–Crippen LogP) is 4.07. The third-order valence-electron chi connectivity index (χ3n) is 5.52. The van der Waals surface area contributed by atoms with Crippen LogP contribution in [-0.4, -0.2) is 30.9 Å². The number of esters is 1. The van der Waals surface area contributed by atoms with Crippen molar-refractivity contribution in [3.63, 3.8) is 0 Å². The number of aryl methyl sites for hydroxylation is 1. The Morgan fingerprint density at radius 1 is 1.32 bits per heavy atom. The maximum absolute atomic E-state index is 13.1. The van der Waals surface area contributed by atoms with Gasteiger partial charge in [-0.1, -0.05) is 19.4 Å². The highest BCUT2D eigenvalue weighted by atomic mass is 19.4. The summed E-state index contributed by atoms with van der Waals surface area (Å²) in [6, 6.07) is 0.750. The highest BCUT2D eigenvalue weighted by molar-refractivity contribution is 5.75. The smallest absolute Gasteiger partial charge is 0.433 e. The van der Waals surface area contributed by atoms with Gasteiger partial charge in [-0.15, -0.1) is 0 Å². The van der Waals surface area contributed by atoms with E-state index in [2.05, 4.69) is 10.1 Å². The Labute approximate surface area is 178 Å². The molecule has 3 rings (SSSR count). The Morgan fingerprint density at radius 3 is 2.61 bits per heavy atom. The van der Waals surface area contributed by atoms with E-state index in [1.807, 2.05) is 20.8 Å². The molecule has 170 valence electrons. The van der Waals surface area contributed by atoms with E-state index in [9.17, 15) is 22.8 Å². The molecule has 1 aliphatic rings. The third-order valence-corrected chi connectivity index (χ3v) is 5.52. The monoisotopic (exact) mass is 440 g/mol. The number of hydrogen-bond acceptors (Lipinski definition) is 5. The van der Waals surface area contributed by atoms with Gasteiger partial charge in [0.2, 0.25) is 0 Å². The van der Waals surface area contributed by atoms with Gasteiger partial charge in [0, 0.05) is 12.6 Å². The fraction of sp³-hybridized carbons (Fsp3) is 0.619. The zero-order chi connectivity index (χ0) is 23.0. The van der Waals surface area contributed by atoms with Crippen molar-refractivity contribution < 1.29 is 22.7 Å². The largest absolute Gasteiger partial charge is 0.458 e. The molecule has 0 saturated heterocycles. The molecule has 0 bridgehead atoms. The van der Waals surface area contributed by atoms with Crippen LogP contribution in [0.4, 0.5) is 13.2 Å². The number of alkyl halides is 3. The Bertz CT molecular complexity index is 993. The molecule has 7 nitrogen and oxygen atoms in total. The summed E-state index contributed by atoms with van der Waals surface area (Å²) in [6.07, 6.45) is -0.210. The molecule has 2 aromatic heterocycles. The van der Waals surface area contributed by atoms with Gasteiger partial charge in [-0.3, -0.25) is 9.55 Å². The van der Waals surface area contributed by atoms with E-state index < -0.39 is 41.2 Å². The Morgan fingerprint density at radius 2 is 2.03 bits per heavy atom. The first-order valence-electron chi connectivity index (χ1n) is 10.4. The molecule has 10 heteroatoms. The number of carbonyl (C=O) groups excluding carboxylic acids is 1. The van der Waals surface area contributed by atoms with E-state index in [1.165, 1.54) is 15.3 Å². The second-order valence-electron chi connectivity index (χ2n) is 8.50. The lowest BCUT2D eigenvalue weighted by Crippen LogP contribution is -2.39. The topological polar surface area (TPSA) is 79.0 Å². The molecule has 0 fully saturated rings. The molecule has 0 aromatic carbocycles. The van der Waals surface area contributed by atoms with Crippen molar-refractivity contribution in [3.05, 3.63) is 45.9 Å². The number of nitrogens with zero attached hydrogens (tertiary/aromatic N) is 4. The Kier molecular flexibility index (Phi) is 6.29. The van der Waals surface area contributed by atoms with E-state index in [4.69, 9.17) is 4.74 Å². The van der Waals surface area contributed by atoms with E-state index in [0.717, 1.165) is 18.7 Å². The molecule has 31 heavy (non-hydrogen) atoms. The van der Waals surface area contributed by atoms with Crippen molar-refractivity contribution in [2.45, 2.75) is 83.7 Å². The first-order chi connectivity index (χ1) is 14.4. The molecule has 0 N–H and O–H groups in total. The van der Waals surface area contributed by atoms with Crippen LogP contribution < -0.4 is 5.69 Å². The van der Waals surface area contributed by atoms with Crippen molar-refractivity contribution in [1.82, 2.24) is 19.3 Å². The lowest BCUT2D eigenvalue weighted by molar-refractivity contribution is -0.162. The first kappa shape index (κ1) is 23.0. The van der Waals surface area contributed by atoms with Gasteiger partial charge in [0.25, 0.3) is 0 Å². The van der Waals surface area contributed by atoms with Crippen LogP contribution in [-0.2, 0) is 22.1 Å². The molecule has 1 unspecified atom stereocenters. The highest BCUT2D eigenvalue weighted by Crippen LogP contribution is 2.29. The lowest BCUT2D eigenvalue weighted by Gasteiger charge is -2.29. The summed E-state index contributed by atoms with van der Waals surface area (Å²) in [4.78, 5) is 29.4. The van der Waals surface area contributed by atoms with E-state index >= 15 is 0 Å². The summed E-state index contributed by atoms with van der Waals surface area (Å²) in [5.41, 5.74) is -1.72. The number of hydrogen-bond donors (Lipinski definition) is 0. The van der Waals surface area contributed by atoms with Crippen LogP contribution in [0.15, 0.2) is 23.1 Å². The lowest BCUT2D eigenvalue weighted by atomic mass is 10.0. The van der Waals surface area contributed by atoms with Crippen LogP contribution in [0.5, 0.6) is 0 Å². The zero-order valence-corrected chi connectivity index (χ0v) is 18.1. The minimum absolute atomic E-state index is 0.411. The molecular weight excluding hydrogens is 413 g/mol. The zero-order valence-electron chi connectivity index (χ0n) is 18.1. The molecule has 0 aliphatic carbocycles. The molecule has 0 saturated carbocycles. The van der Waals surface area contributed by atoms with Crippen molar-refractivity contribution in [2.75, 3.05) is 0 Å². The minimum atomic E-state index is -4.54. The van der Waals surface area contributed by atoms with Gasteiger partial charge in [-0.25, -0.2) is 14.3 Å². The van der Waals surface area contributed by atoms with E-state index in [0.29, 0.717) is 37.1 Å². The number of aromatic nitrogens is 4. The molecule has 1 aliphatic heterocycles. The minimum Gasteiger partial charge on any atom is -0.458 e. The molecule has 2 aromatic rings. The van der Waals surface area contributed by atoms with Crippen molar-refractivity contribution in [3.8, 4) is 0 Å². The second kappa shape index (κ2) is 8.47. The number of halogens is 3. The van der Waals surface area contributed by atoms with Gasteiger partial charge in [0.1, 0.15) is 23.2 Å². The average Bonchev–Trinajstić information content (AvgIpc) is 3.03. The standard InChI is InChI=1S/C21H27F3N4O3/c1-5-11-20(3,4)31-18(29)15-7-6-8-17-26-28(19(30)27(15)17)13(2)14-9-10-16(25-12-14)21(22,23)24/h9-10,12-13,15H,5-8,11H2,1-4H3/t13?,15-/m0/s1. The average molecular weight is 440 g/mol. The number of ether oxygens (including phenoxy) is 1. The predicted molar refractivity (Wildman–Crippen MR) is 107 cm³/mol. The van der Waals surface area contributed by atoms with Crippen LogP contribution in [0.3, 0.4) is 0 Å². The van der Waals surface area contributed by atoms with Crippen molar-refractivity contribution >= 4 is 5.97 Å². The van der Waals surface area contributed by atoms with Crippen LogP contribution in [0.1, 0.15) is 82.5 Å². The van der Waals surface area contributed by atoms with Crippen LogP contribution in [0, 0.1) is 0 Å². The fourth-order valence-electron chi connectivity index (χ4n) is 3.93. The third kappa shape index (κ3) is 4.83. The molecule has 2 atom stereocenters. The quantitative estimate of drug-likeness (QED) is 0.633. The molecule has 0 amide bonds. The van der Waals surface area contributed by atoms with Gasteiger partial charge in [-0.05, 0) is 51.7 Å². The second-order valence-corrected chi connectivity index (χ2v) is 8.50.